The first-order valence-electron chi connectivity index (χ1n) is 8.08. The van der Waals surface area contributed by atoms with Crippen LogP contribution in [-0.2, 0) is 0 Å². The van der Waals surface area contributed by atoms with E-state index >= 15 is 0 Å². The van der Waals surface area contributed by atoms with Gasteiger partial charge in [-0.15, -0.1) is 0 Å². The predicted molar refractivity (Wildman–Crippen MR) is 87.2 cm³/mol. The summed E-state index contributed by atoms with van der Waals surface area (Å²) < 4.78 is 0. The van der Waals surface area contributed by atoms with E-state index in [-0.39, 0.29) is 16.2 Å². The van der Waals surface area contributed by atoms with Gasteiger partial charge >= 0.3 is 0 Å². The lowest BCUT2D eigenvalue weighted by molar-refractivity contribution is -0.377. The SMILES string of the molecule is [O-][N+]([O-])=C1C=CC(Cl)=CC1=CNC12CC3CC(CC(C3)C1)C2. The van der Waals surface area contributed by atoms with Gasteiger partial charge in [-0.05, 0) is 68.4 Å². The summed E-state index contributed by atoms with van der Waals surface area (Å²) in [4.78, 5) is -0.344. The molecule has 5 aliphatic carbocycles. The molecule has 5 heteroatoms. The van der Waals surface area contributed by atoms with Gasteiger partial charge in [-0.25, -0.2) is 0 Å². The monoisotopic (exact) mass is 319 g/mol. The molecule has 0 unspecified atom stereocenters. The normalized spacial score (nSPS) is 41.0. The second kappa shape index (κ2) is 5.05. The van der Waals surface area contributed by atoms with E-state index in [2.05, 4.69) is 5.32 Å². The van der Waals surface area contributed by atoms with Gasteiger partial charge in [-0.3, -0.25) is 0 Å². The Hall–Kier alpha value is -1.42. The number of allylic oxidation sites excluding steroid dienone is 5. The Bertz CT molecular complexity index is 579. The van der Waals surface area contributed by atoms with Gasteiger partial charge < -0.3 is 15.7 Å². The van der Waals surface area contributed by atoms with Crippen LogP contribution in [0.15, 0.2) is 35.0 Å². The van der Waals surface area contributed by atoms with Crippen molar-refractivity contribution in [3.05, 3.63) is 45.4 Å². The van der Waals surface area contributed by atoms with Crippen LogP contribution in [0.4, 0.5) is 0 Å². The van der Waals surface area contributed by atoms with Crippen LogP contribution in [0.25, 0.3) is 0 Å². The predicted octanol–water partition coefficient (Wildman–Crippen LogP) is 3.57. The van der Waals surface area contributed by atoms with E-state index in [1.165, 1.54) is 44.6 Å². The molecule has 0 heterocycles. The molecule has 1 N–H and O–H groups in total. The number of halogens is 1. The first kappa shape index (κ1) is 14.2. The molecule has 0 amide bonds. The third-order valence-corrected chi connectivity index (χ3v) is 5.99. The van der Waals surface area contributed by atoms with Crippen molar-refractivity contribution in [1.82, 2.24) is 5.32 Å². The van der Waals surface area contributed by atoms with Gasteiger partial charge in [0.1, 0.15) is 0 Å². The molecule has 0 aromatic carbocycles. The Labute approximate surface area is 135 Å². The lowest BCUT2D eigenvalue weighted by Gasteiger charge is -2.57. The van der Waals surface area contributed by atoms with Crippen LogP contribution >= 0.6 is 11.6 Å². The Kier molecular flexibility index (Phi) is 3.26. The van der Waals surface area contributed by atoms with Crippen LogP contribution in [0.1, 0.15) is 38.5 Å². The zero-order valence-corrected chi connectivity index (χ0v) is 13.2. The van der Waals surface area contributed by atoms with Crippen LogP contribution in [0, 0.1) is 28.2 Å². The van der Waals surface area contributed by atoms with E-state index in [1.54, 1.807) is 12.2 Å². The fourth-order valence-electron chi connectivity index (χ4n) is 5.33. The summed E-state index contributed by atoms with van der Waals surface area (Å²) >= 11 is 6.01. The first-order valence-corrected chi connectivity index (χ1v) is 8.46. The summed E-state index contributed by atoms with van der Waals surface area (Å²) in [5.41, 5.74) is 0.847. The molecule has 0 aromatic heterocycles. The summed E-state index contributed by atoms with van der Waals surface area (Å²) in [5, 5.41) is 26.5. The standard InChI is InChI=1S/C17H20ClN2O2/c18-15-1-2-16(20(21)22)14(6-15)10-19-17-7-11-3-12(8-17)5-13(4-11)9-17/h1-2,6,10-13,19H,3-5,7-9H2/q-1. The summed E-state index contributed by atoms with van der Waals surface area (Å²) in [7, 11) is 0. The Balaban J connectivity index is 1.58. The molecule has 4 fully saturated rings. The number of hydrogen-bond acceptors (Lipinski definition) is 3. The largest absolute Gasteiger partial charge is 0.612 e. The van der Waals surface area contributed by atoms with E-state index in [9.17, 15) is 10.4 Å². The van der Waals surface area contributed by atoms with Gasteiger partial charge in [0.15, 0.2) is 0 Å². The summed E-state index contributed by atoms with van der Waals surface area (Å²) in [6.07, 6.45) is 14.4. The van der Waals surface area contributed by atoms with Crippen molar-refractivity contribution in [2.45, 2.75) is 44.1 Å². The number of hydrogen-bond donors (Lipinski definition) is 1. The Morgan fingerprint density at radius 3 is 2.23 bits per heavy atom. The van der Waals surface area contributed by atoms with Crippen LogP contribution in [-0.4, -0.2) is 16.2 Å². The van der Waals surface area contributed by atoms with Crippen LogP contribution in [0.2, 0.25) is 0 Å². The molecule has 0 saturated heterocycles. The average molecular weight is 320 g/mol. The minimum absolute atomic E-state index is 0.113. The first-order chi connectivity index (χ1) is 10.5. The zero-order valence-electron chi connectivity index (χ0n) is 12.4. The number of nitrogens with zero attached hydrogens (tertiary/aromatic N) is 1. The molecule has 0 spiro atoms. The summed E-state index contributed by atoms with van der Waals surface area (Å²) in [6, 6.07) is 0. The second-order valence-corrected chi connectivity index (χ2v) is 7.88. The Morgan fingerprint density at radius 1 is 1.09 bits per heavy atom. The summed E-state index contributed by atoms with van der Waals surface area (Å²) in [6.45, 7) is 0. The molecule has 5 aliphatic rings. The maximum absolute atomic E-state index is 11.2. The minimum Gasteiger partial charge on any atom is -0.612 e. The lowest BCUT2D eigenvalue weighted by atomic mass is 9.53. The van der Waals surface area contributed by atoms with E-state index < -0.39 is 0 Å². The van der Waals surface area contributed by atoms with Gasteiger partial charge in [-0.1, -0.05) is 11.6 Å². The fourth-order valence-corrected chi connectivity index (χ4v) is 5.51. The molecule has 0 aliphatic heterocycles. The van der Waals surface area contributed by atoms with Gasteiger partial charge in [0, 0.05) is 22.8 Å². The molecular formula is C17H20ClN2O2-. The molecule has 4 bridgehead atoms. The van der Waals surface area contributed by atoms with Crippen molar-refractivity contribution in [1.29, 1.82) is 0 Å². The van der Waals surface area contributed by atoms with Crippen LogP contribution in [0.3, 0.4) is 0 Å². The maximum Gasteiger partial charge on any atom is 0.231 e. The van der Waals surface area contributed by atoms with Gasteiger partial charge in [-0.2, -0.15) is 4.90 Å². The van der Waals surface area contributed by atoms with Crippen molar-refractivity contribution in [3.8, 4) is 0 Å². The molecule has 22 heavy (non-hydrogen) atoms. The van der Waals surface area contributed by atoms with Crippen molar-refractivity contribution in [3.63, 3.8) is 0 Å². The van der Waals surface area contributed by atoms with Crippen molar-refractivity contribution >= 4 is 17.3 Å². The highest BCUT2D eigenvalue weighted by molar-refractivity contribution is 6.33. The molecule has 5 rings (SSSR count). The van der Waals surface area contributed by atoms with E-state index in [0.29, 0.717) is 10.6 Å². The molecular weight excluding hydrogens is 300 g/mol. The molecule has 0 aromatic rings. The van der Waals surface area contributed by atoms with Gasteiger partial charge in [0.05, 0.1) is 5.57 Å². The lowest BCUT2D eigenvalue weighted by Crippen LogP contribution is -2.57. The third kappa shape index (κ3) is 2.43. The van der Waals surface area contributed by atoms with Crippen molar-refractivity contribution < 1.29 is 4.90 Å². The van der Waals surface area contributed by atoms with Crippen molar-refractivity contribution in [2.24, 2.45) is 17.8 Å². The van der Waals surface area contributed by atoms with Crippen LogP contribution < -0.4 is 5.32 Å². The minimum atomic E-state index is -0.344. The zero-order chi connectivity index (χ0) is 15.3. The summed E-state index contributed by atoms with van der Waals surface area (Å²) in [5.74, 6) is 2.55. The number of nitrogens with one attached hydrogen (secondary N) is 1. The molecule has 118 valence electrons. The van der Waals surface area contributed by atoms with Gasteiger partial charge in [0.25, 0.3) is 0 Å². The Morgan fingerprint density at radius 2 is 1.68 bits per heavy atom. The van der Waals surface area contributed by atoms with Gasteiger partial charge in [0.2, 0.25) is 5.71 Å². The highest BCUT2D eigenvalue weighted by atomic mass is 35.5. The third-order valence-electron chi connectivity index (χ3n) is 5.76. The average Bonchev–Trinajstić information content (AvgIpc) is 2.43. The molecule has 4 saturated carbocycles. The quantitative estimate of drug-likeness (QED) is 0.625. The highest BCUT2D eigenvalue weighted by Gasteiger charge is 2.50. The highest BCUT2D eigenvalue weighted by Crippen LogP contribution is 2.55. The van der Waals surface area contributed by atoms with E-state index in [4.69, 9.17) is 11.6 Å². The van der Waals surface area contributed by atoms with E-state index in [0.717, 1.165) is 17.8 Å². The molecule has 0 atom stereocenters. The second-order valence-electron chi connectivity index (χ2n) is 7.45. The maximum atomic E-state index is 11.2. The topological polar surface area (TPSA) is 61.2 Å². The smallest absolute Gasteiger partial charge is 0.231 e. The van der Waals surface area contributed by atoms with Crippen LogP contribution in [0.5, 0.6) is 0 Å². The number of rotatable bonds is 2. The van der Waals surface area contributed by atoms with E-state index in [1.807, 2.05) is 6.20 Å². The van der Waals surface area contributed by atoms with Crippen molar-refractivity contribution in [2.75, 3.05) is 0 Å². The molecule has 0 radical (unpaired) electrons. The fraction of sp³-hybridized carbons (Fsp3) is 0.588. The molecule has 4 nitrogen and oxygen atoms in total.